The van der Waals surface area contributed by atoms with Crippen molar-refractivity contribution < 1.29 is 14.0 Å². The van der Waals surface area contributed by atoms with E-state index in [-0.39, 0.29) is 35.6 Å². The summed E-state index contributed by atoms with van der Waals surface area (Å²) < 4.78 is 13.7. The first-order valence-electron chi connectivity index (χ1n) is 10.0. The molecule has 0 spiro atoms. The van der Waals surface area contributed by atoms with Crippen molar-refractivity contribution in [3.05, 3.63) is 35.1 Å². The van der Waals surface area contributed by atoms with Crippen LogP contribution in [0.15, 0.2) is 18.2 Å². The van der Waals surface area contributed by atoms with Gasteiger partial charge in [0.15, 0.2) is 0 Å². The van der Waals surface area contributed by atoms with Crippen molar-refractivity contribution in [3.8, 4) is 0 Å². The minimum Gasteiger partial charge on any atom is -0.355 e. The maximum atomic E-state index is 13.7. The third-order valence-electron chi connectivity index (χ3n) is 5.62. The molecule has 5 nitrogen and oxygen atoms in total. The highest BCUT2D eigenvalue weighted by Crippen LogP contribution is 2.26. The lowest BCUT2D eigenvalue weighted by Crippen LogP contribution is -2.42. The van der Waals surface area contributed by atoms with Crippen molar-refractivity contribution in [1.29, 1.82) is 0 Å². The number of benzene rings is 1. The molecule has 2 fully saturated rings. The largest absolute Gasteiger partial charge is 0.355 e. The molecule has 0 unspecified atom stereocenters. The number of nitrogens with zero attached hydrogens (tertiary/aromatic N) is 1. The number of likely N-dealkylation sites (tertiary alicyclic amines) is 1. The standard InChI is InChI=1S/C21H30FN3O2/c1-3-23-21(27)19-11-18(24-20(26)16-6-4-5-7-16)13-25(19)12-15-8-14(2)9-17(22)10-15/h8-10,16,18-19H,3-7,11-13H2,1-2H3,(H,23,27)(H,24,26)/t18-,19-/m0/s1. The Labute approximate surface area is 160 Å². The van der Waals surface area contributed by atoms with Gasteiger partial charge in [-0.25, -0.2) is 4.39 Å². The molecule has 1 saturated carbocycles. The number of rotatable bonds is 6. The fourth-order valence-electron chi connectivity index (χ4n) is 4.39. The van der Waals surface area contributed by atoms with Crippen LogP contribution in [-0.2, 0) is 16.1 Å². The lowest BCUT2D eigenvalue weighted by atomic mass is 10.1. The Hall–Kier alpha value is -1.95. The van der Waals surface area contributed by atoms with Crippen LogP contribution in [0.4, 0.5) is 4.39 Å². The number of carbonyl (C=O) groups excluding carboxylic acids is 2. The van der Waals surface area contributed by atoms with Gasteiger partial charge in [-0.2, -0.15) is 0 Å². The van der Waals surface area contributed by atoms with Gasteiger partial charge in [0.05, 0.1) is 6.04 Å². The number of aryl methyl sites for hydroxylation is 1. The van der Waals surface area contributed by atoms with Gasteiger partial charge in [0.25, 0.3) is 0 Å². The molecule has 2 aliphatic rings. The van der Waals surface area contributed by atoms with Gasteiger partial charge in [-0.1, -0.05) is 18.9 Å². The second kappa shape index (κ2) is 8.83. The summed E-state index contributed by atoms with van der Waals surface area (Å²) >= 11 is 0. The van der Waals surface area contributed by atoms with Crippen LogP contribution in [0.1, 0.15) is 50.2 Å². The third-order valence-corrected chi connectivity index (χ3v) is 5.62. The molecule has 1 aliphatic carbocycles. The van der Waals surface area contributed by atoms with Crippen LogP contribution >= 0.6 is 0 Å². The first kappa shape index (κ1) is 19.8. The highest BCUT2D eigenvalue weighted by atomic mass is 19.1. The van der Waals surface area contributed by atoms with Crippen LogP contribution in [0.5, 0.6) is 0 Å². The van der Waals surface area contributed by atoms with Gasteiger partial charge in [-0.3, -0.25) is 14.5 Å². The summed E-state index contributed by atoms with van der Waals surface area (Å²) in [6, 6.07) is 4.62. The van der Waals surface area contributed by atoms with E-state index in [1.807, 2.05) is 19.9 Å². The minimum absolute atomic E-state index is 0.0248. The highest BCUT2D eigenvalue weighted by molar-refractivity contribution is 5.83. The molecule has 2 N–H and O–H groups in total. The molecule has 1 aromatic rings. The van der Waals surface area contributed by atoms with Crippen LogP contribution in [0.2, 0.25) is 0 Å². The number of halogens is 1. The summed E-state index contributed by atoms with van der Waals surface area (Å²) in [5, 5.41) is 6.04. The third kappa shape index (κ3) is 5.06. The van der Waals surface area contributed by atoms with Crippen molar-refractivity contribution in [2.45, 2.75) is 64.6 Å². The van der Waals surface area contributed by atoms with Gasteiger partial charge in [-0.05, 0) is 56.4 Å². The average Bonchev–Trinajstić information content (AvgIpc) is 3.24. The van der Waals surface area contributed by atoms with E-state index in [0.717, 1.165) is 36.8 Å². The molecule has 3 rings (SSSR count). The van der Waals surface area contributed by atoms with Gasteiger partial charge < -0.3 is 10.6 Å². The molecule has 27 heavy (non-hydrogen) atoms. The monoisotopic (exact) mass is 375 g/mol. The van der Waals surface area contributed by atoms with Crippen LogP contribution in [0.25, 0.3) is 0 Å². The molecule has 1 heterocycles. The molecule has 1 saturated heterocycles. The van der Waals surface area contributed by atoms with E-state index in [1.54, 1.807) is 0 Å². The maximum Gasteiger partial charge on any atom is 0.237 e. The molecule has 148 valence electrons. The lowest BCUT2D eigenvalue weighted by Gasteiger charge is -2.23. The number of nitrogens with one attached hydrogen (secondary N) is 2. The van der Waals surface area contributed by atoms with Crippen LogP contribution in [0.3, 0.4) is 0 Å². The number of likely N-dealkylation sites (N-methyl/N-ethyl adjacent to an activating group) is 1. The molecule has 1 aliphatic heterocycles. The topological polar surface area (TPSA) is 61.4 Å². The molecule has 2 atom stereocenters. The Morgan fingerprint density at radius 2 is 1.93 bits per heavy atom. The van der Waals surface area contributed by atoms with Crippen LogP contribution in [0, 0.1) is 18.7 Å². The SMILES string of the molecule is CCNC(=O)[C@@H]1C[C@H](NC(=O)C2CCCC2)CN1Cc1cc(C)cc(F)c1. The molecule has 0 bridgehead atoms. The normalized spacial score (nSPS) is 23.5. The van der Waals surface area contributed by atoms with Crippen molar-refractivity contribution in [2.75, 3.05) is 13.1 Å². The molecular weight excluding hydrogens is 345 g/mol. The maximum absolute atomic E-state index is 13.7. The quantitative estimate of drug-likeness (QED) is 0.803. The minimum atomic E-state index is -0.303. The second-order valence-electron chi connectivity index (χ2n) is 7.90. The Morgan fingerprint density at radius 1 is 1.19 bits per heavy atom. The van der Waals surface area contributed by atoms with E-state index in [4.69, 9.17) is 0 Å². The first-order valence-corrected chi connectivity index (χ1v) is 10.0. The summed E-state index contributed by atoms with van der Waals surface area (Å²) in [6.45, 7) is 5.43. The Kier molecular flexibility index (Phi) is 6.47. The van der Waals surface area contributed by atoms with Crippen LogP contribution in [-0.4, -0.2) is 41.9 Å². The first-order chi connectivity index (χ1) is 13.0. The summed E-state index contributed by atoms with van der Waals surface area (Å²) in [7, 11) is 0. The number of carbonyl (C=O) groups is 2. The average molecular weight is 375 g/mol. The smallest absolute Gasteiger partial charge is 0.237 e. The van der Waals surface area contributed by atoms with Gasteiger partial charge in [0.1, 0.15) is 5.82 Å². The van der Waals surface area contributed by atoms with Gasteiger partial charge in [0.2, 0.25) is 11.8 Å². The second-order valence-corrected chi connectivity index (χ2v) is 7.90. The summed E-state index contributed by atoms with van der Waals surface area (Å²) in [6.07, 6.45) is 4.76. The number of hydrogen-bond acceptors (Lipinski definition) is 3. The molecule has 1 aromatic carbocycles. The predicted octanol–water partition coefficient (Wildman–Crippen LogP) is 2.52. The Morgan fingerprint density at radius 3 is 2.59 bits per heavy atom. The van der Waals surface area contributed by atoms with Crippen LogP contribution < -0.4 is 10.6 Å². The van der Waals surface area contributed by atoms with Crippen molar-refractivity contribution in [3.63, 3.8) is 0 Å². The Bertz CT molecular complexity index is 668. The molecular formula is C21H30FN3O2. The zero-order valence-electron chi connectivity index (χ0n) is 16.3. The fourth-order valence-corrected chi connectivity index (χ4v) is 4.39. The van der Waals surface area contributed by atoms with E-state index in [9.17, 15) is 14.0 Å². The van der Waals surface area contributed by atoms with Crippen molar-refractivity contribution >= 4 is 11.8 Å². The Balaban J connectivity index is 1.69. The van der Waals surface area contributed by atoms with E-state index in [1.165, 1.54) is 12.1 Å². The van der Waals surface area contributed by atoms with Gasteiger partial charge in [-0.15, -0.1) is 0 Å². The van der Waals surface area contributed by atoms with Gasteiger partial charge in [0, 0.05) is 31.6 Å². The van der Waals surface area contributed by atoms with E-state index < -0.39 is 0 Å². The van der Waals surface area contributed by atoms with Crippen molar-refractivity contribution in [2.24, 2.45) is 5.92 Å². The van der Waals surface area contributed by atoms with E-state index >= 15 is 0 Å². The number of hydrogen-bond donors (Lipinski definition) is 2. The highest BCUT2D eigenvalue weighted by Gasteiger charge is 2.38. The predicted molar refractivity (Wildman–Crippen MR) is 103 cm³/mol. The summed E-state index contributed by atoms with van der Waals surface area (Å²) in [5.74, 6) is -0.0449. The number of amides is 2. The molecule has 6 heteroatoms. The molecule has 2 amide bonds. The summed E-state index contributed by atoms with van der Waals surface area (Å²) in [5.41, 5.74) is 1.72. The van der Waals surface area contributed by atoms with E-state index in [2.05, 4.69) is 15.5 Å². The summed E-state index contributed by atoms with van der Waals surface area (Å²) in [4.78, 5) is 27.1. The zero-order chi connectivity index (χ0) is 19.4. The van der Waals surface area contributed by atoms with Gasteiger partial charge >= 0.3 is 0 Å². The lowest BCUT2D eigenvalue weighted by molar-refractivity contribution is -0.126. The molecule has 0 radical (unpaired) electrons. The molecule has 0 aromatic heterocycles. The fraction of sp³-hybridized carbons (Fsp3) is 0.619. The zero-order valence-corrected chi connectivity index (χ0v) is 16.3. The van der Waals surface area contributed by atoms with E-state index in [0.29, 0.717) is 26.1 Å². The van der Waals surface area contributed by atoms with Crippen molar-refractivity contribution in [1.82, 2.24) is 15.5 Å².